The minimum absolute atomic E-state index is 0.0591. The third-order valence-corrected chi connectivity index (χ3v) is 2.92. The molecule has 0 aromatic carbocycles. The van der Waals surface area contributed by atoms with Crippen LogP contribution in [0.4, 0.5) is 0 Å². The zero-order valence-corrected chi connectivity index (χ0v) is 8.72. The van der Waals surface area contributed by atoms with Crippen molar-refractivity contribution in [1.82, 2.24) is 14.6 Å². The average Bonchev–Trinajstić information content (AvgIpc) is 2.98. The molecule has 1 unspecified atom stereocenters. The van der Waals surface area contributed by atoms with Gasteiger partial charge in [-0.25, -0.2) is 0 Å². The molecule has 4 nitrogen and oxygen atoms in total. The Bertz CT molecular complexity index is 496. The molecule has 2 aromatic heterocycles. The molecule has 4 heteroatoms. The van der Waals surface area contributed by atoms with E-state index in [0.29, 0.717) is 5.92 Å². The van der Waals surface area contributed by atoms with Crippen molar-refractivity contribution in [2.45, 2.75) is 31.7 Å². The highest BCUT2D eigenvalue weighted by atomic mass is 15.2. The van der Waals surface area contributed by atoms with E-state index in [1.165, 1.54) is 12.8 Å². The molecule has 0 spiro atoms. The van der Waals surface area contributed by atoms with Gasteiger partial charge in [0.2, 0.25) is 0 Å². The van der Waals surface area contributed by atoms with Gasteiger partial charge in [-0.1, -0.05) is 6.07 Å². The first kappa shape index (κ1) is 8.85. The fourth-order valence-corrected chi connectivity index (χ4v) is 1.81. The molecule has 2 heterocycles. The molecule has 2 aromatic rings. The van der Waals surface area contributed by atoms with Crippen LogP contribution in [0, 0.1) is 0 Å². The lowest BCUT2D eigenvalue weighted by Crippen LogP contribution is -2.06. The lowest BCUT2D eigenvalue weighted by molar-refractivity contribution is 0.801. The minimum Gasteiger partial charge on any atom is -0.324 e. The number of nitrogens with two attached hydrogens (primary N) is 1. The van der Waals surface area contributed by atoms with Crippen LogP contribution in [-0.2, 0) is 0 Å². The molecule has 0 saturated heterocycles. The first-order valence-electron chi connectivity index (χ1n) is 5.36. The second-order valence-electron chi connectivity index (χ2n) is 4.31. The predicted molar refractivity (Wildman–Crippen MR) is 57.6 cm³/mol. The Morgan fingerprint density at radius 3 is 2.87 bits per heavy atom. The van der Waals surface area contributed by atoms with Crippen molar-refractivity contribution in [3.63, 3.8) is 0 Å². The number of fused-ring (bicyclic) bond motifs is 1. The Kier molecular flexibility index (Phi) is 1.79. The van der Waals surface area contributed by atoms with Gasteiger partial charge < -0.3 is 5.73 Å². The summed E-state index contributed by atoms with van der Waals surface area (Å²) in [6, 6.07) is 4.06. The van der Waals surface area contributed by atoms with Crippen LogP contribution < -0.4 is 5.73 Å². The largest absolute Gasteiger partial charge is 0.324 e. The second kappa shape index (κ2) is 3.03. The SMILES string of the molecule is CC(N)c1ccc2nnc(C3CC3)n2c1. The van der Waals surface area contributed by atoms with Crippen molar-refractivity contribution in [1.29, 1.82) is 0 Å². The van der Waals surface area contributed by atoms with Crippen molar-refractivity contribution < 1.29 is 0 Å². The summed E-state index contributed by atoms with van der Waals surface area (Å²) in [7, 11) is 0. The van der Waals surface area contributed by atoms with Crippen LogP contribution in [0.15, 0.2) is 18.3 Å². The van der Waals surface area contributed by atoms with Gasteiger partial charge in [0.05, 0.1) is 0 Å². The molecular formula is C11H14N4. The Hall–Kier alpha value is -1.42. The topological polar surface area (TPSA) is 56.2 Å². The van der Waals surface area contributed by atoms with Crippen LogP contribution in [0.3, 0.4) is 0 Å². The van der Waals surface area contributed by atoms with Crippen LogP contribution in [0.5, 0.6) is 0 Å². The Balaban J connectivity index is 2.17. The molecule has 1 aliphatic rings. The highest BCUT2D eigenvalue weighted by molar-refractivity contribution is 5.41. The molecular weight excluding hydrogens is 188 g/mol. The van der Waals surface area contributed by atoms with E-state index in [1.807, 2.05) is 19.1 Å². The van der Waals surface area contributed by atoms with Gasteiger partial charge in [-0.05, 0) is 31.4 Å². The highest BCUT2D eigenvalue weighted by Gasteiger charge is 2.28. The average molecular weight is 202 g/mol. The summed E-state index contributed by atoms with van der Waals surface area (Å²) < 4.78 is 2.08. The monoisotopic (exact) mass is 202 g/mol. The molecule has 15 heavy (non-hydrogen) atoms. The standard InChI is InChI=1S/C11H14N4/c1-7(12)9-4-5-10-13-14-11(8-2-3-8)15(10)6-9/h4-8H,2-3,12H2,1H3. The maximum Gasteiger partial charge on any atom is 0.160 e. The maximum atomic E-state index is 5.86. The molecule has 1 aliphatic carbocycles. The number of hydrogen-bond donors (Lipinski definition) is 1. The lowest BCUT2D eigenvalue weighted by atomic mass is 10.1. The van der Waals surface area contributed by atoms with Crippen molar-refractivity contribution >= 4 is 5.65 Å². The van der Waals surface area contributed by atoms with Gasteiger partial charge in [-0.3, -0.25) is 4.40 Å². The zero-order valence-electron chi connectivity index (χ0n) is 8.72. The third kappa shape index (κ3) is 1.41. The molecule has 0 radical (unpaired) electrons. The summed E-state index contributed by atoms with van der Waals surface area (Å²) in [5, 5.41) is 8.38. The number of nitrogens with zero attached hydrogens (tertiary/aromatic N) is 3. The van der Waals surface area contributed by atoms with E-state index >= 15 is 0 Å². The Morgan fingerprint density at radius 2 is 2.20 bits per heavy atom. The summed E-state index contributed by atoms with van der Waals surface area (Å²) in [4.78, 5) is 0. The fraction of sp³-hybridized carbons (Fsp3) is 0.455. The zero-order chi connectivity index (χ0) is 10.4. The lowest BCUT2D eigenvalue weighted by Gasteiger charge is -2.06. The second-order valence-corrected chi connectivity index (χ2v) is 4.31. The van der Waals surface area contributed by atoms with E-state index in [-0.39, 0.29) is 6.04 Å². The van der Waals surface area contributed by atoms with Gasteiger partial charge in [-0.2, -0.15) is 0 Å². The Labute approximate surface area is 88.1 Å². The van der Waals surface area contributed by atoms with Crippen LogP contribution in [0.25, 0.3) is 5.65 Å². The van der Waals surface area contributed by atoms with Crippen molar-refractivity contribution in [2.24, 2.45) is 5.73 Å². The van der Waals surface area contributed by atoms with E-state index in [9.17, 15) is 0 Å². The molecule has 3 rings (SSSR count). The normalized spacial score (nSPS) is 18.3. The predicted octanol–water partition coefficient (Wildman–Crippen LogP) is 1.63. The van der Waals surface area contributed by atoms with Gasteiger partial charge in [0.15, 0.2) is 5.65 Å². The summed E-state index contributed by atoms with van der Waals surface area (Å²) >= 11 is 0. The number of aromatic nitrogens is 3. The maximum absolute atomic E-state index is 5.86. The van der Waals surface area contributed by atoms with Gasteiger partial charge >= 0.3 is 0 Å². The van der Waals surface area contributed by atoms with Gasteiger partial charge in [-0.15, -0.1) is 10.2 Å². The van der Waals surface area contributed by atoms with Crippen molar-refractivity contribution in [3.8, 4) is 0 Å². The Morgan fingerprint density at radius 1 is 1.40 bits per heavy atom. The molecule has 0 aliphatic heterocycles. The minimum atomic E-state index is 0.0591. The number of rotatable bonds is 2. The van der Waals surface area contributed by atoms with Crippen molar-refractivity contribution in [3.05, 3.63) is 29.7 Å². The van der Waals surface area contributed by atoms with Crippen LogP contribution in [0.2, 0.25) is 0 Å². The molecule has 2 N–H and O–H groups in total. The summed E-state index contributed by atoms with van der Waals surface area (Å²) in [6.45, 7) is 1.99. The highest BCUT2D eigenvalue weighted by Crippen LogP contribution is 2.38. The van der Waals surface area contributed by atoms with Gasteiger partial charge in [0, 0.05) is 18.2 Å². The molecule has 78 valence electrons. The first-order valence-corrected chi connectivity index (χ1v) is 5.36. The summed E-state index contributed by atoms with van der Waals surface area (Å²) in [5.74, 6) is 1.70. The van der Waals surface area contributed by atoms with Crippen LogP contribution in [0.1, 0.15) is 43.1 Å². The first-order chi connectivity index (χ1) is 7.25. The fourth-order valence-electron chi connectivity index (χ4n) is 1.81. The van der Waals surface area contributed by atoms with Crippen LogP contribution in [-0.4, -0.2) is 14.6 Å². The van der Waals surface area contributed by atoms with E-state index in [4.69, 9.17) is 5.73 Å². The summed E-state index contributed by atoms with van der Waals surface area (Å²) in [5.41, 5.74) is 7.91. The quantitative estimate of drug-likeness (QED) is 0.805. The molecule has 1 fully saturated rings. The number of pyridine rings is 1. The van der Waals surface area contributed by atoms with Gasteiger partial charge in [0.25, 0.3) is 0 Å². The van der Waals surface area contributed by atoms with Crippen molar-refractivity contribution in [2.75, 3.05) is 0 Å². The van der Waals surface area contributed by atoms with E-state index < -0.39 is 0 Å². The molecule has 1 atom stereocenters. The van der Waals surface area contributed by atoms with E-state index in [0.717, 1.165) is 17.0 Å². The number of hydrogen-bond acceptors (Lipinski definition) is 3. The van der Waals surface area contributed by atoms with Gasteiger partial charge in [0.1, 0.15) is 5.82 Å². The van der Waals surface area contributed by atoms with Crippen LogP contribution >= 0.6 is 0 Å². The smallest absolute Gasteiger partial charge is 0.160 e. The van der Waals surface area contributed by atoms with E-state index in [2.05, 4.69) is 20.8 Å². The summed E-state index contributed by atoms with van der Waals surface area (Å²) in [6.07, 6.45) is 4.54. The molecule has 0 bridgehead atoms. The molecule has 1 saturated carbocycles. The van der Waals surface area contributed by atoms with E-state index in [1.54, 1.807) is 0 Å². The third-order valence-electron chi connectivity index (χ3n) is 2.92. The molecule has 0 amide bonds.